The third kappa shape index (κ3) is 6.71. The molecule has 31 heavy (non-hydrogen) atoms. The number of rotatable bonds is 9. The number of carbonyl (C=O) groups is 3. The Morgan fingerprint density at radius 1 is 1.06 bits per heavy atom. The third-order valence-electron chi connectivity index (χ3n) is 4.07. The van der Waals surface area contributed by atoms with E-state index in [-0.39, 0.29) is 11.5 Å². The second-order valence-corrected chi connectivity index (χ2v) is 7.59. The molecule has 0 radical (unpaired) electrons. The zero-order valence-electron chi connectivity index (χ0n) is 17.9. The van der Waals surface area contributed by atoms with Gasteiger partial charge >= 0.3 is 5.97 Å². The lowest BCUT2D eigenvalue weighted by atomic mass is 10.2. The summed E-state index contributed by atoms with van der Waals surface area (Å²) in [5.41, 5.74) is 1.20. The minimum absolute atomic E-state index is 0.139. The van der Waals surface area contributed by atoms with Gasteiger partial charge in [-0.3, -0.25) is 9.59 Å². The highest BCUT2D eigenvalue weighted by atomic mass is 79.9. The number of nitrogens with zero attached hydrogens (tertiary/aromatic N) is 1. The van der Waals surface area contributed by atoms with Crippen LogP contribution >= 0.6 is 15.9 Å². The van der Waals surface area contributed by atoms with Crippen LogP contribution in [0.1, 0.15) is 34.1 Å². The number of amides is 2. The fourth-order valence-electron chi connectivity index (χ4n) is 2.55. The molecule has 0 aromatic heterocycles. The molecule has 2 amide bonds. The molecule has 0 aliphatic rings. The lowest BCUT2D eigenvalue weighted by Crippen LogP contribution is -2.22. The molecule has 0 aliphatic carbocycles. The molecule has 0 atom stereocenters. The summed E-state index contributed by atoms with van der Waals surface area (Å²) in [6, 6.07) is 9.47. The van der Waals surface area contributed by atoms with Crippen molar-refractivity contribution in [3.05, 3.63) is 52.0 Å². The summed E-state index contributed by atoms with van der Waals surface area (Å²) in [6.07, 6.45) is 0.823. The van der Waals surface area contributed by atoms with Gasteiger partial charge in [-0.2, -0.15) is 0 Å². The Bertz CT molecular complexity index is 944. The van der Waals surface area contributed by atoms with Crippen LogP contribution < -0.4 is 14.8 Å². The SMILES string of the molecule is CCCOc1c(Br)cc(C(=O)OCC(=O)Nc2ccc(C(=O)N(C)C)cc2)cc1OC. The van der Waals surface area contributed by atoms with Gasteiger partial charge in [0.2, 0.25) is 0 Å². The van der Waals surface area contributed by atoms with E-state index >= 15 is 0 Å². The number of benzene rings is 2. The molecular formula is C22H25BrN2O6. The summed E-state index contributed by atoms with van der Waals surface area (Å²) in [5.74, 6) is -0.446. The molecule has 2 rings (SSSR count). The number of hydrogen-bond acceptors (Lipinski definition) is 6. The lowest BCUT2D eigenvalue weighted by molar-refractivity contribution is -0.119. The number of carbonyl (C=O) groups excluding carboxylic acids is 3. The summed E-state index contributed by atoms with van der Waals surface area (Å²) in [6.45, 7) is 2.02. The highest BCUT2D eigenvalue weighted by Crippen LogP contribution is 2.37. The predicted molar refractivity (Wildman–Crippen MR) is 120 cm³/mol. The molecule has 0 fully saturated rings. The maximum atomic E-state index is 12.4. The van der Waals surface area contributed by atoms with Gasteiger partial charge in [0.15, 0.2) is 18.1 Å². The van der Waals surface area contributed by atoms with Crippen LogP contribution in [0, 0.1) is 0 Å². The highest BCUT2D eigenvalue weighted by molar-refractivity contribution is 9.10. The van der Waals surface area contributed by atoms with Gasteiger partial charge in [0.05, 0.1) is 23.8 Å². The van der Waals surface area contributed by atoms with Crippen LogP contribution in [0.3, 0.4) is 0 Å². The van der Waals surface area contributed by atoms with E-state index in [0.29, 0.717) is 33.8 Å². The number of esters is 1. The van der Waals surface area contributed by atoms with Crippen LogP contribution in [-0.2, 0) is 9.53 Å². The molecule has 0 saturated heterocycles. The van der Waals surface area contributed by atoms with Crippen LogP contribution in [0.15, 0.2) is 40.9 Å². The van der Waals surface area contributed by atoms with E-state index in [2.05, 4.69) is 21.2 Å². The van der Waals surface area contributed by atoms with Crippen molar-refractivity contribution in [1.29, 1.82) is 0 Å². The van der Waals surface area contributed by atoms with E-state index in [9.17, 15) is 14.4 Å². The Morgan fingerprint density at radius 2 is 1.74 bits per heavy atom. The van der Waals surface area contributed by atoms with Crippen LogP contribution in [0.25, 0.3) is 0 Å². The van der Waals surface area contributed by atoms with Crippen LogP contribution in [0.2, 0.25) is 0 Å². The molecule has 166 valence electrons. The van der Waals surface area contributed by atoms with Crippen molar-refractivity contribution in [2.45, 2.75) is 13.3 Å². The Balaban J connectivity index is 1.97. The number of halogens is 1. The van der Waals surface area contributed by atoms with E-state index in [1.54, 1.807) is 44.4 Å². The van der Waals surface area contributed by atoms with E-state index < -0.39 is 18.5 Å². The van der Waals surface area contributed by atoms with Crippen LogP contribution in [0.5, 0.6) is 11.5 Å². The number of anilines is 1. The monoisotopic (exact) mass is 492 g/mol. The molecule has 2 aromatic carbocycles. The van der Waals surface area contributed by atoms with Crippen LogP contribution in [-0.4, -0.2) is 57.1 Å². The molecule has 2 aromatic rings. The van der Waals surface area contributed by atoms with Gasteiger partial charge in [0, 0.05) is 25.3 Å². The fourth-order valence-corrected chi connectivity index (χ4v) is 3.10. The quantitative estimate of drug-likeness (QED) is 0.535. The summed E-state index contributed by atoms with van der Waals surface area (Å²) < 4.78 is 16.6. The minimum Gasteiger partial charge on any atom is -0.493 e. The average Bonchev–Trinajstić information content (AvgIpc) is 2.76. The Kier molecular flexibility index (Phi) is 8.87. The van der Waals surface area contributed by atoms with Crippen molar-refractivity contribution in [1.82, 2.24) is 4.90 Å². The third-order valence-corrected chi connectivity index (χ3v) is 4.66. The van der Waals surface area contributed by atoms with E-state index in [0.717, 1.165) is 6.42 Å². The molecule has 1 N–H and O–H groups in total. The van der Waals surface area contributed by atoms with Crippen LogP contribution in [0.4, 0.5) is 5.69 Å². The lowest BCUT2D eigenvalue weighted by Gasteiger charge is -2.14. The topological polar surface area (TPSA) is 94.2 Å². The Labute approximate surface area is 189 Å². The van der Waals surface area contributed by atoms with E-state index in [1.165, 1.54) is 18.1 Å². The van der Waals surface area contributed by atoms with Gasteiger partial charge in [-0.05, 0) is 58.7 Å². The smallest absolute Gasteiger partial charge is 0.338 e. The van der Waals surface area contributed by atoms with Crippen molar-refractivity contribution < 1.29 is 28.6 Å². The van der Waals surface area contributed by atoms with E-state index in [1.807, 2.05) is 6.92 Å². The van der Waals surface area contributed by atoms with Crippen molar-refractivity contribution >= 4 is 39.4 Å². The maximum Gasteiger partial charge on any atom is 0.338 e. The summed E-state index contributed by atoms with van der Waals surface area (Å²) in [4.78, 5) is 37.8. The second kappa shape index (κ2) is 11.4. The number of ether oxygens (including phenoxy) is 3. The highest BCUT2D eigenvalue weighted by Gasteiger charge is 2.17. The minimum atomic E-state index is -0.678. The number of methoxy groups -OCH3 is 1. The normalized spacial score (nSPS) is 10.2. The zero-order chi connectivity index (χ0) is 23.0. The first-order chi connectivity index (χ1) is 14.8. The molecule has 0 heterocycles. The van der Waals surface area contributed by atoms with Gasteiger partial charge in [-0.15, -0.1) is 0 Å². The zero-order valence-corrected chi connectivity index (χ0v) is 19.4. The standard InChI is InChI=1S/C22H25BrN2O6/c1-5-10-30-20-17(23)11-15(12-18(20)29-4)22(28)31-13-19(26)24-16-8-6-14(7-9-16)21(27)25(2)3/h6-9,11-12H,5,10,13H2,1-4H3,(H,24,26). The first kappa shape index (κ1) is 24.2. The molecule has 0 spiro atoms. The van der Waals surface area contributed by atoms with Crippen molar-refractivity contribution in [2.24, 2.45) is 0 Å². The predicted octanol–water partition coefficient (Wildman–Crippen LogP) is 3.74. The molecule has 0 bridgehead atoms. The Hall–Kier alpha value is -3.07. The molecule has 8 nitrogen and oxygen atoms in total. The first-order valence-corrected chi connectivity index (χ1v) is 10.3. The molecule has 0 saturated carbocycles. The van der Waals surface area contributed by atoms with Gasteiger partial charge in [-0.25, -0.2) is 4.79 Å². The maximum absolute atomic E-state index is 12.4. The summed E-state index contributed by atoms with van der Waals surface area (Å²) in [5, 5.41) is 2.62. The molecule has 9 heteroatoms. The van der Waals surface area contributed by atoms with Gasteiger partial charge in [0.1, 0.15) is 0 Å². The summed E-state index contributed by atoms with van der Waals surface area (Å²) in [7, 11) is 4.79. The fraction of sp³-hybridized carbons (Fsp3) is 0.318. The average molecular weight is 493 g/mol. The largest absolute Gasteiger partial charge is 0.493 e. The van der Waals surface area contributed by atoms with Crippen molar-refractivity contribution in [3.8, 4) is 11.5 Å². The number of nitrogens with one attached hydrogen (secondary N) is 1. The number of hydrogen-bond donors (Lipinski definition) is 1. The van der Waals surface area contributed by atoms with Crippen molar-refractivity contribution in [3.63, 3.8) is 0 Å². The molecule has 0 aliphatic heterocycles. The van der Waals surface area contributed by atoms with Crippen molar-refractivity contribution in [2.75, 3.05) is 39.7 Å². The molecule has 0 unspecified atom stereocenters. The second-order valence-electron chi connectivity index (χ2n) is 6.74. The van der Waals surface area contributed by atoms with Gasteiger partial charge in [0.25, 0.3) is 11.8 Å². The van der Waals surface area contributed by atoms with Gasteiger partial charge < -0.3 is 24.4 Å². The first-order valence-electron chi connectivity index (χ1n) is 9.55. The van der Waals surface area contributed by atoms with E-state index in [4.69, 9.17) is 14.2 Å². The molecular weight excluding hydrogens is 468 g/mol. The Morgan fingerprint density at radius 3 is 2.32 bits per heavy atom. The van der Waals surface area contributed by atoms with Gasteiger partial charge in [-0.1, -0.05) is 6.92 Å². The summed E-state index contributed by atoms with van der Waals surface area (Å²) >= 11 is 3.37.